The highest BCUT2D eigenvalue weighted by Gasteiger charge is 2.38. The van der Waals surface area contributed by atoms with Gasteiger partial charge in [0.2, 0.25) is 5.95 Å². The van der Waals surface area contributed by atoms with Crippen LogP contribution in [0.3, 0.4) is 0 Å². The van der Waals surface area contributed by atoms with Crippen molar-refractivity contribution in [2.45, 2.75) is 44.5 Å². The monoisotopic (exact) mass is 500 g/mol. The maximum atomic E-state index is 10.6. The van der Waals surface area contributed by atoms with E-state index in [0.29, 0.717) is 0 Å². The maximum Gasteiger partial charge on any atom is 0.490 e. The summed E-state index contributed by atoms with van der Waals surface area (Å²) < 4.78 is 63.5. The summed E-state index contributed by atoms with van der Waals surface area (Å²) in [7, 11) is 0. The average molecular weight is 500 g/mol. The highest BCUT2D eigenvalue weighted by atomic mass is 19.4. The Morgan fingerprint density at radius 1 is 0.882 bits per heavy atom. The third kappa shape index (κ3) is 11.8. The van der Waals surface area contributed by atoms with Crippen molar-refractivity contribution in [1.29, 1.82) is 0 Å². The molecule has 2 heterocycles. The third-order valence-corrected chi connectivity index (χ3v) is 4.83. The van der Waals surface area contributed by atoms with Gasteiger partial charge in [-0.05, 0) is 38.2 Å². The van der Waals surface area contributed by atoms with Crippen LogP contribution in [0.1, 0.15) is 32.1 Å². The Labute approximate surface area is 191 Å². The molecular formula is C20H26F6N4O4. The van der Waals surface area contributed by atoms with Gasteiger partial charge >= 0.3 is 24.3 Å². The number of carboxylic acids is 2. The molecule has 0 atom stereocenters. The second kappa shape index (κ2) is 13.7. The number of aliphatic carboxylic acids is 2. The number of allylic oxidation sites excluding steroid dienone is 1. The first kappa shape index (κ1) is 29.1. The van der Waals surface area contributed by atoms with Crippen LogP contribution in [0.2, 0.25) is 0 Å². The summed E-state index contributed by atoms with van der Waals surface area (Å²) >= 11 is 0. The maximum absolute atomic E-state index is 10.6. The molecular weight excluding hydrogens is 474 g/mol. The summed E-state index contributed by atoms with van der Waals surface area (Å²) in [5, 5.41) is 14.2. The van der Waals surface area contributed by atoms with E-state index < -0.39 is 24.3 Å². The second-order valence-corrected chi connectivity index (χ2v) is 7.34. The van der Waals surface area contributed by atoms with Gasteiger partial charge in [-0.3, -0.25) is 4.90 Å². The van der Waals surface area contributed by atoms with E-state index in [1.54, 1.807) is 5.57 Å². The molecule has 0 radical (unpaired) electrons. The van der Waals surface area contributed by atoms with Crippen LogP contribution >= 0.6 is 0 Å². The number of anilines is 1. The molecule has 1 fully saturated rings. The smallest absolute Gasteiger partial charge is 0.475 e. The molecule has 1 saturated heterocycles. The lowest BCUT2D eigenvalue weighted by atomic mass is 9.97. The molecule has 1 aromatic rings. The van der Waals surface area contributed by atoms with Gasteiger partial charge < -0.3 is 15.1 Å². The van der Waals surface area contributed by atoms with E-state index in [0.717, 1.165) is 32.1 Å². The molecule has 14 heteroatoms. The van der Waals surface area contributed by atoms with Gasteiger partial charge in [-0.15, -0.1) is 0 Å². The Balaban J connectivity index is 0.000000343. The standard InChI is InChI=1S/C16H24N4.2C2HF3O2/c1-2-5-15(6-3-1)7-10-19-11-13-20(14-12-19)16-17-8-4-9-18-16;2*3-2(4,5)1(6)7/h4-5,8-9H,1-3,6-7,10-14H2;2*(H,6,7). The van der Waals surface area contributed by atoms with Gasteiger partial charge in [0.1, 0.15) is 0 Å². The number of piperazine rings is 1. The SMILES string of the molecule is C1=C(CCN2CCN(c3ncccn3)CC2)CCCC1.O=C(O)C(F)(F)F.O=C(O)C(F)(F)F. The van der Waals surface area contributed by atoms with Crippen molar-refractivity contribution in [3.05, 3.63) is 30.1 Å². The molecule has 2 N–H and O–H groups in total. The van der Waals surface area contributed by atoms with Crippen molar-refractivity contribution in [3.8, 4) is 0 Å². The molecule has 1 aliphatic carbocycles. The molecule has 0 aromatic carbocycles. The highest BCUT2D eigenvalue weighted by Crippen LogP contribution is 2.21. The summed E-state index contributed by atoms with van der Waals surface area (Å²) in [6.07, 6.45) is 2.63. The summed E-state index contributed by atoms with van der Waals surface area (Å²) in [6, 6.07) is 1.87. The topological polar surface area (TPSA) is 107 Å². The third-order valence-electron chi connectivity index (χ3n) is 4.83. The number of hydrogen-bond donors (Lipinski definition) is 2. The molecule has 0 spiro atoms. The minimum Gasteiger partial charge on any atom is -0.475 e. The summed E-state index contributed by atoms with van der Waals surface area (Å²) in [5.41, 5.74) is 1.69. The number of carboxylic acid groups (broad SMARTS) is 2. The van der Waals surface area contributed by atoms with Crippen LogP contribution in [-0.4, -0.2) is 82.1 Å². The fraction of sp³-hybridized carbons (Fsp3) is 0.600. The van der Waals surface area contributed by atoms with Crippen molar-refractivity contribution in [2.24, 2.45) is 0 Å². The zero-order chi connectivity index (χ0) is 25.8. The zero-order valence-corrected chi connectivity index (χ0v) is 18.1. The first-order valence-electron chi connectivity index (χ1n) is 10.3. The summed E-state index contributed by atoms with van der Waals surface area (Å²) in [4.78, 5) is 31.3. The fourth-order valence-electron chi connectivity index (χ4n) is 3.06. The second-order valence-electron chi connectivity index (χ2n) is 7.34. The highest BCUT2D eigenvalue weighted by molar-refractivity contribution is 5.73. The Morgan fingerprint density at radius 3 is 1.79 bits per heavy atom. The van der Waals surface area contributed by atoms with E-state index in [1.165, 1.54) is 38.6 Å². The number of hydrogen-bond acceptors (Lipinski definition) is 6. The predicted octanol–water partition coefficient (Wildman–Crippen LogP) is 3.76. The van der Waals surface area contributed by atoms with E-state index in [2.05, 4.69) is 25.8 Å². The molecule has 0 saturated carbocycles. The Bertz CT molecular complexity index is 770. The van der Waals surface area contributed by atoms with Gasteiger partial charge in [-0.1, -0.05) is 11.6 Å². The quantitative estimate of drug-likeness (QED) is 0.476. The van der Waals surface area contributed by atoms with Crippen molar-refractivity contribution in [1.82, 2.24) is 14.9 Å². The van der Waals surface area contributed by atoms with Crippen LogP contribution < -0.4 is 4.90 Å². The molecule has 2 aliphatic rings. The van der Waals surface area contributed by atoms with Crippen LogP contribution in [0.25, 0.3) is 0 Å². The first-order chi connectivity index (χ1) is 15.8. The lowest BCUT2D eigenvalue weighted by Gasteiger charge is -2.34. The molecule has 3 rings (SSSR count). The number of aromatic nitrogens is 2. The molecule has 0 amide bonds. The van der Waals surface area contributed by atoms with E-state index in [4.69, 9.17) is 19.8 Å². The molecule has 192 valence electrons. The molecule has 34 heavy (non-hydrogen) atoms. The van der Waals surface area contributed by atoms with E-state index in [-0.39, 0.29) is 0 Å². The summed E-state index contributed by atoms with van der Waals surface area (Å²) in [5.74, 6) is -4.64. The largest absolute Gasteiger partial charge is 0.490 e. The van der Waals surface area contributed by atoms with Crippen molar-refractivity contribution in [3.63, 3.8) is 0 Å². The Hall–Kier alpha value is -2.90. The van der Waals surface area contributed by atoms with Gasteiger partial charge in [0.15, 0.2) is 0 Å². The number of halogens is 6. The van der Waals surface area contributed by atoms with Gasteiger partial charge in [0, 0.05) is 45.1 Å². The lowest BCUT2D eigenvalue weighted by Crippen LogP contribution is -2.47. The number of nitrogens with zero attached hydrogens (tertiary/aromatic N) is 4. The minimum atomic E-state index is -5.08. The van der Waals surface area contributed by atoms with E-state index in [1.807, 2.05) is 18.5 Å². The van der Waals surface area contributed by atoms with E-state index >= 15 is 0 Å². The van der Waals surface area contributed by atoms with Gasteiger partial charge in [-0.25, -0.2) is 19.6 Å². The van der Waals surface area contributed by atoms with Crippen LogP contribution in [0.5, 0.6) is 0 Å². The molecule has 1 aromatic heterocycles. The molecule has 8 nitrogen and oxygen atoms in total. The van der Waals surface area contributed by atoms with Gasteiger partial charge in [0.25, 0.3) is 0 Å². The minimum absolute atomic E-state index is 0.877. The fourth-order valence-corrected chi connectivity index (χ4v) is 3.06. The van der Waals surface area contributed by atoms with Crippen molar-refractivity contribution >= 4 is 17.9 Å². The zero-order valence-electron chi connectivity index (χ0n) is 18.1. The number of alkyl halides is 6. The molecule has 0 unspecified atom stereocenters. The van der Waals surface area contributed by atoms with Crippen LogP contribution in [0.15, 0.2) is 30.1 Å². The van der Waals surface area contributed by atoms with Gasteiger partial charge in [0.05, 0.1) is 0 Å². The number of carbonyl (C=O) groups is 2. The van der Waals surface area contributed by atoms with E-state index in [9.17, 15) is 26.3 Å². The van der Waals surface area contributed by atoms with Gasteiger partial charge in [-0.2, -0.15) is 26.3 Å². The Morgan fingerprint density at radius 2 is 1.38 bits per heavy atom. The normalized spacial score (nSPS) is 16.9. The van der Waals surface area contributed by atoms with Crippen LogP contribution in [-0.2, 0) is 9.59 Å². The predicted molar refractivity (Wildman–Crippen MR) is 109 cm³/mol. The first-order valence-corrected chi connectivity index (χ1v) is 10.3. The van der Waals surface area contributed by atoms with Crippen molar-refractivity contribution < 1.29 is 46.1 Å². The van der Waals surface area contributed by atoms with Crippen LogP contribution in [0, 0.1) is 0 Å². The van der Waals surface area contributed by atoms with Crippen LogP contribution in [0.4, 0.5) is 32.3 Å². The lowest BCUT2D eigenvalue weighted by molar-refractivity contribution is -0.193. The average Bonchev–Trinajstić information content (AvgIpc) is 2.79. The Kier molecular flexibility index (Phi) is 11.8. The van der Waals surface area contributed by atoms with Crippen molar-refractivity contribution in [2.75, 3.05) is 37.6 Å². The summed E-state index contributed by atoms with van der Waals surface area (Å²) in [6.45, 7) is 5.57. The molecule has 1 aliphatic heterocycles. The number of rotatable bonds is 4. The molecule has 0 bridgehead atoms.